The lowest BCUT2D eigenvalue weighted by atomic mass is 10.2. The Labute approximate surface area is 114 Å². The van der Waals surface area contributed by atoms with E-state index in [1.165, 1.54) is 0 Å². The molecular formula is C11H12FNO6S. The van der Waals surface area contributed by atoms with Gasteiger partial charge in [-0.25, -0.2) is 17.6 Å². The number of hydrogen-bond acceptors (Lipinski definition) is 5. The lowest BCUT2D eigenvalue weighted by Crippen LogP contribution is -2.30. The van der Waals surface area contributed by atoms with Gasteiger partial charge in [0.25, 0.3) is 0 Å². The normalized spacial score (nSPS) is 11.1. The largest absolute Gasteiger partial charge is 0.478 e. The second kappa shape index (κ2) is 6.44. The lowest BCUT2D eigenvalue weighted by Gasteiger charge is -2.07. The van der Waals surface area contributed by atoms with Crippen LogP contribution in [0.4, 0.5) is 4.39 Å². The summed E-state index contributed by atoms with van der Waals surface area (Å²) in [5.74, 6) is -3.43. The molecule has 20 heavy (non-hydrogen) atoms. The minimum Gasteiger partial charge on any atom is -0.478 e. The second-order valence-corrected chi connectivity index (χ2v) is 5.34. The number of ether oxygens (including phenoxy) is 1. The molecule has 0 unspecified atom stereocenters. The van der Waals surface area contributed by atoms with E-state index in [0.717, 1.165) is 12.1 Å². The molecule has 0 spiro atoms. The molecule has 0 aliphatic rings. The van der Waals surface area contributed by atoms with Crippen LogP contribution < -0.4 is 4.72 Å². The molecule has 0 aromatic heterocycles. The Morgan fingerprint density at radius 3 is 2.60 bits per heavy atom. The fraction of sp³-hybridized carbons (Fsp3) is 0.273. The van der Waals surface area contributed by atoms with Crippen LogP contribution >= 0.6 is 0 Å². The summed E-state index contributed by atoms with van der Waals surface area (Å²) in [5.41, 5.74) is -0.774. The number of aromatic carboxylic acids is 1. The number of benzene rings is 1. The summed E-state index contributed by atoms with van der Waals surface area (Å²) >= 11 is 0. The zero-order valence-electron chi connectivity index (χ0n) is 10.4. The van der Waals surface area contributed by atoms with Crippen molar-refractivity contribution in [2.24, 2.45) is 0 Å². The van der Waals surface area contributed by atoms with Gasteiger partial charge in [0.05, 0.1) is 17.1 Å². The van der Waals surface area contributed by atoms with Crippen LogP contribution in [0.2, 0.25) is 0 Å². The third-order valence-electron chi connectivity index (χ3n) is 2.19. The Morgan fingerprint density at radius 1 is 1.40 bits per heavy atom. The summed E-state index contributed by atoms with van der Waals surface area (Å²) < 4.78 is 43.2. The van der Waals surface area contributed by atoms with Gasteiger partial charge in [0, 0.05) is 0 Å². The predicted octanol–water partition coefficient (Wildman–Crippen LogP) is 0.365. The molecule has 7 nitrogen and oxygen atoms in total. The highest BCUT2D eigenvalue weighted by Crippen LogP contribution is 2.15. The first-order valence-corrected chi connectivity index (χ1v) is 6.94. The van der Waals surface area contributed by atoms with E-state index in [1.54, 1.807) is 6.92 Å². The molecule has 0 heterocycles. The van der Waals surface area contributed by atoms with Crippen molar-refractivity contribution in [3.8, 4) is 0 Å². The number of esters is 1. The van der Waals surface area contributed by atoms with E-state index in [-0.39, 0.29) is 6.61 Å². The predicted molar refractivity (Wildman–Crippen MR) is 65.2 cm³/mol. The van der Waals surface area contributed by atoms with Gasteiger partial charge in [-0.05, 0) is 25.1 Å². The molecule has 0 bridgehead atoms. The quantitative estimate of drug-likeness (QED) is 0.735. The van der Waals surface area contributed by atoms with Crippen molar-refractivity contribution in [1.29, 1.82) is 0 Å². The van der Waals surface area contributed by atoms with Crippen molar-refractivity contribution in [2.45, 2.75) is 11.8 Å². The number of sulfonamides is 1. The highest BCUT2D eigenvalue weighted by molar-refractivity contribution is 7.89. The molecule has 1 rings (SSSR count). The fourth-order valence-corrected chi connectivity index (χ4v) is 2.28. The van der Waals surface area contributed by atoms with Gasteiger partial charge in [0.1, 0.15) is 12.4 Å². The minimum absolute atomic E-state index is 0.0975. The first kappa shape index (κ1) is 16.1. The molecule has 2 N–H and O–H groups in total. The summed E-state index contributed by atoms with van der Waals surface area (Å²) in [5, 5.41) is 8.71. The van der Waals surface area contributed by atoms with Crippen LogP contribution in [0.5, 0.6) is 0 Å². The molecule has 0 atom stereocenters. The molecule has 0 aliphatic carbocycles. The van der Waals surface area contributed by atoms with Gasteiger partial charge in [0.15, 0.2) is 0 Å². The Kier molecular flexibility index (Phi) is 5.17. The Bertz CT molecular complexity index is 628. The minimum atomic E-state index is -4.13. The van der Waals surface area contributed by atoms with Crippen LogP contribution in [0, 0.1) is 5.82 Å². The van der Waals surface area contributed by atoms with Crippen molar-refractivity contribution in [2.75, 3.05) is 13.2 Å². The summed E-state index contributed by atoms with van der Waals surface area (Å²) in [6.45, 7) is 1.06. The Hall–Kier alpha value is -2.00. The van der Waals surface area contributed by atoms with E-state index in [9.17, 15) is 22.4 Å². The van der Waals surface area contributed by atoms with Crippen LogP contribution in [0.3, 0.4) is 0 Å². The van der Waals surface area contributed by atoms with Crippen LogP contribution in [0.1, 0.15) is 17.3 Å². The maximum atomic E-state index is 13.2. The molecular weight excluding hydrogens is 293 g/mol. The summed E-state index contributed by atoms with van der Waals surface area (Å²) in [6, 6.07) is 2.29. The van der Waals surface area contributed by atoms with E-state index >= 15 is 0 Å². The highest BCUT2D eigenvalue weighted by Gasteiger charge is 2.20. The first-order chi connectivity index (χ1) is 9.27. The van der Waals surface area contributed by atoms with E-state index in [2.05, 4.69) is 4.74 Å². The molecule has 110 valence electrons. The van der Waals surface area contributed by atoms with E-state index in [4.69, 9.17) is 5.11 Å². The number of carboxylic acid groups (broad SMARTS) is 1. The van der Waals surface area contributed by atoms with Crippen LogP contribution in [-0.4, -0.2) is 38.6 Å². The maximum Gasteiger partial charge on any atom is 0.338 e. The van der Waals surface area contributed by atoms with Crippen molar-refractivity contribution >= 4 is 22.0 Å². The van der Waals surface area contributed by atoms with Gasteiger partial charge in [-0.3, -0.25) is 4.79 Å². The fourth-order valence-electron chi connectivity index (χ4n) is 1.28. The topological polar surface area (TPSA) is 110 Å². The van der Waals surface area contributed by atoms with Crippen molar-refractivity contribution < 1.29 is 32.2 Å². The van der Waals surface area contributed by atoms with E-state index in [1.807, 2.05) is 4.72 Å². The Morgan fingerprint density at radius 2 is 2.05 bits per heavy atom. The average Bonchev–Trinajstić information content (AvgIpc) is 2.37. The van der Waals surface area contributed by atoms with Gasteiger partial charge in [-0.15, -0.1) is 0 Å². The molecule has 1 aromatic rings. The number of carbonyl (C=O) groups is 2. The monoisotopic (exact) mass is 305 g/mol. The SMILES string of the molecule is CCOC(=O)CNS(=O)(=O)c1ccc(F)c(C(=O)O)c1. The number of halogens is 1. The first-order valence-electron chi connectivity index (χ1n) is 5.46. The summed E-state index contributed by atoms with van der Waals surface area (Å²) in [6.07, 6.45) is 0. The van der Waals surface area contributed by atoms with Crippen LogP contribution in [0.25, 0.3) is 0 Å². The molecule has 0 aliphatic heterocycles. The van der Waals surface area contributed by atoms with Crippen LogP contribution in [0.15, 0.2) is 23.1 Å². The zero-order chi connectivity index (χ0) is 15.3. The van der Waals surface area contributed by atoms with E-state index in [0.29, 0.717) is 6.07 Å². The van der Waals surface area contributed by atoms with Gasteiger partial charge in [-0.2, -0.15) is 4.72 Å². The number of carboxylic acids is 1. The smallest absolute Gasteiger partial charge is 0.338 e. The molecule has 0 radical (unpaired) electrons. The molecule has 0 amide bonds. The molecule has 0 saturated heterocycles. The van der Waals surface area contributed by atoms with Gasteiger partial charge >= 0.3 is 11.9 Å². The standard InChI is InChI=1S/C11H12FNO6S/c1-2-19-10(14)6-13-20(17,18)7-3-4-9(12)8(5-7)11(15)16/h3-5,13H,2,6H2,1H3,(H,15,16). The third kappa shape index (κ3) is 4.00. The second-order valence-electron chi connectivity index (χ2n) is 3.58. The summed E-state index contributed by atoms with van der Waals surface area (Å²) in [4.78, 5) is 21.3. The van der Waals surface area contributed by atoms with Crippen molar-refractivity contribution in [1.82, 2.24) is 4.72 Å². The molecule has 0 fully saturated rings. The third-order valence-corrected chi connectivity index (χ3v) is 3.59. The van der Waals surface area contributed by atoms with E-state index < -0.39 is 44.8 Å². The molecule has 0 saturated carbocycles. The number of rotatable bonds is 6. The van der Waals surface area contributed by atoms with Gasteiger partial charge in [-0.1, -0.05) is 0 Å². The van der Waals surface area contributed by atoms with Crippen LogP contribution in [-0.2, 0) is 19.6 Å². The number of nitrogens with one attached hydrogen (secondary N) is 1. The summed E-state index contributed by atoms with van der Waals surface area (Å²) in [7, 11) is -4.13. The lowest BCUT2D eigenvalue weighted by molar-refractivity contribution is -0.141. The Balaban J connectivity index is 2.96. The number of carbonyl (C=O) groups excluding carboxylic acids is 1. The zero-order valence-corrected chi connectivity index (χ0v) is 11.2. The number of hydrogen-bond donors (Lipinski definition) is 2. The average molecular weight is 305 g/mol. The van der Waals surface area contributed by atoms with Gasteiger partial charge < -0.3 is 9.84 Å². The van der Waals surface area contributed by atoms with Crippen molar-refractivity contribution in [3.05, 3.63) is 29.6 Å². The maximum absolute atomic E-state index is 13.2. The molecule has 1 aromatic carbocycles. The molecule has 9 heteroatoms. The van der Waals surface area contributed by atoms with Crippen molar-refractivity contribution in [3.63, 3.8) is 0 Å². The van der Waals surface area contributed by atoms with Gasteiger partial charge in [0.2, 0.25) is 10.0 Å². The highest BCUT2D eigenvalue weighted by atomic mass is 32.2.